The number of aryl methyl sites for hydroxylation is 1. The van der Waals surface area contributed by atoms with Crippen molar-refractivity contribution in [1.82, 2.24) is 9.47 Å². The Hall–Kier alpha value is -2.97. The fourth-order valence-corrected chi connectivity index (χ4v) is 6.72. The minimum absolute atomic E-state index is 0.0881. The second-order valence-corrected chi connectivity index (χ2v) is 12.0. The van der Waals surface area contributed by atoms with Crippen LogP contribution in [0, 0.1) is 5.92 Å². The first-order chi connectivity index (χ1) is 17.3. The van der Waals surface area contributed by atoms with E-state index in [1.54, 1.807) is 18.2 Å². The van der Waals surface area contributed by atoms with Crippen molar-refractivity contribution in [3.8, 4) is 0 Å². The number of carbonyl (C=O) groups excluding carboxylic acids is 1. The average Bonchev–Trinajstić information content (AvgIpc) is 3.21. The van der Waals surface area contributed by atoms with Crippen LogP contribution in [0.2, 0.25) is 0 Å². The third-order valence-electron chi connectivity index (χ3n) is 7.12. The summed E-state index contributed by atoms with van der Waals surface area (Å²) in [4.78, 5) is 16.0. The van der Waals surface area contributed by atoms with E-state index in [4.69, 9.17) is 0 Å². The quantitative estimate of drug-likeness (QED) is 0.306. The molecule has 5 rings (SSSR count). The van der Waals surface area contributed by atoms with Crippen LogP contribution in [0.5, 0.6) is 0 Å². The number of sulfonamides is 1. The predicted molar refractivity (Wildman–Crippen MR) is 148 cm³/mol. The average molecular weight is 522 g/mol. The number of para-hydroxylation sites is 1. The van der Waals surface area contributed by atoms with Crippen LogP contribution in [-0.4, -0.2) is 43.1 Å². The van der Waals surface area contributed by atoms with Gasteiger partial charge in [-0.3, -0.25) is 9.52 Å². The Morgan fingerprint density at radius 2 is 1.72 bits per heavy atom. The number of fused-ring (bicyclic) bond motifs is 3. The van der Waals surface area contributed by atoms with Gasteiger partial charge in [-0.15, -0.1) is 11.8 Å². The van der Waals surface area contributed by atoms with E-state index in [1.807, 2.05) is 35.4 Å². The number of likely N-dealkylation sites (tertiary alicyclic amines) is 1. The number of nitrogens with one attached hydrogen (secondary N) is 1. The highest BCUT2D eigenvalue weighted by Gasteiger charge is 2.25. The number of benzene rings is 3. The molecule has 6 nitrogen and oxygen atoms in total. The van der Waals surface area contributed by atoms with E-state index in [-0.39, 0.29) is 10.8 Å². The molecule has 1 aliphatic heterocycles. The Labute approximate surface area is 216 Å². The summed E-state index contributed by atoms with van der Waals surface area (Å²) in [7, 11) is -3.89. The van der Waals surface area contributed by atoms with Crippen LogP contribution >= 0.6 is 11.8 Å². The molecule has 0 unspecified atom stereocenters. The summed E-state index contributed by atoms with van der Waals surface area (Å²) in [5, 5.41) is 2.09. The number of thioether (sulfide) groups is 1. The van der Waals surface area contributed by atoms with Crippen LogP contribution in [0.4, 0.5) is 5.69 Å². The van der Waals surface area contributed by atoms with E-state index in [0.717, 1.165) is 46.1 Å². The first-order valence-electron chi connectivity index (χ1n) is 12.3. The molecule has 1 aliphatic rings. The van der Waals surface area contributed by atoms with Crippen molar-refractivity contribution in [3.05, 3.63) is 66.2 Å². The Bertz CT molecular complexity index is 1550. The zero-order valence-corrected chi connectivity index (χ0v) is 22.5. The molecule has 0 bridgehead atoms. The van der Waals surface area contributed by atoms with E-state index >= 15 is 0 Å². The third-order valence-corrected chi connectivity index (χ3v) is 9.30. The number of hydrogen-bond donors (Lipinski definition) is 1. The normalized spacial score (nSPS) is 15.0. The molecule has 0 radical (unpaired) electrons. The molecule has 1 amide bonds. The largest absolute Gasteiger partial charge is 0.341 e. The van der Waals surface area contributed by atoms with Crippen molar-refractivity contribution in [2.75, 3.05) is 24.1 Å². The lowest BCUT2D eigenvalue weighted by molar-refractivity contribution is 0.0693. The van der Waals surface area contributed by atoms with Crippen LogP contribution in [0.1, 0.15) is 37.0 Å². The number of carbonyl (C=O) groups is 1. The Kier molecular flexibility index (Phi) is 6.74. The Morgan fingerprint density at radius 1 is 1.00 bits per heavy atom. The van der Waals surface area contributed by atoms with Crippen LogP contribution < -0.4 is 4.72 Å². The number of hydrogen-bond acceptors (Lipinski definition) is 4. The summed E-state index contributed by atoms with van der Waals surface area (Å²) in [5.41, 5.74) is 3.13. The maximum atomic E-state index is 13.4. The fraction of sp³-hybridized carbons (Fsp3) is 0.321. The summed E-state index contributed by atoms with van der Waals surface area (Å²) < 4.78 is 31.8. The number of piperidine rings is 1. The van der Waals surface area contributed by atoms with E-state index in [0.29, 0.717) is 30.3 Å². The lowest BCUT2D eigenvalue weighted by Crippen LogP contribution is -2.38. The van der Waals surface area contributed by atoms with Crippen LogP contribution in [0.25, 0.3) is 21.8 Å². The van der Waals surface area contributed by atoms with Crippen molar-refractivity contribution in [2.24, 2.45) is 5.92 Å². The lowest BCUT2D eigenvalue weighted by atomic mass is 9.98. The zero-order chi connectivity index (χ0) is 25.4. The summed E-state index contributed by atoms with van der Waals surface area (Å²) >= 11 is 1.45. The van der Waals surface area contributed by atoms with Crippen molar-refractivity contribution in [3.63, 3.8) is 0 Å². The third kappa shape index (κ3) is 4.48. The molecule has 0 aliphatic carbocycles. The molecule has 0 saturated carbocycles. The van der Waals surface area contributed by atoms with E-state index in [1.165, 1.54) is 17.8 Å². The van der Waals surface area contributed by atoms with Gasteiger partial charge in [-0.25, -0.2) is 8.42 Å². The second kappa shape index (κ2) is 9.82. The number of rotatable bonds is 6. The Balaban J connectivity index is 1.48. The van der Waals surface area contributed by atoms with E-state index in [9.17, 15) is 13.2 Å². The van der Waals surface area contributed by atoms with Gasteiger partial charge < -0.3 is 9.47 Å². The zero-order valence-electron chi connectivity index (χ0n) is 20.8. The SMILES string of the molecule is CCn1c2ccccc2c2cc(NS(=O)(=O)c3ccc(SC)c(C(=O)N4CCC(C)CC4)c3)ccc21. The van der Waals surface area contributed by atoms with Gasteiger partial charge in [0.25, 0.3) is 15.9 Å². The van der Waals surface area contributed by atoms with Gasteiger partial charge in [0.1, 0.15) is 0 Å². The van der Waals surface area contributed by atoms with Crippen LogP contribution in [0.3, 0.4) is 0 Å². The lowest BCUT2D eigenvalue weighted by Gasteiger charge is -2.30. The molecule has 4 aromatic rings. The number of aromatic nitrogens is 1. The molecule has 36 heavy (non-hydrogen) atoms. The molecular weight excluding hydrogens is 490 g/mol. The molecule has 3 aromatic carbocycles. The van der Waals surface area contributed by atoms with Crippen LogP contribution in [0.15, 0.2) is 70.5 Å². The molecule has 8 heteroatoms. The van der Waals surface area contributed by atoms with Gasteiger partial charge in [0.05, 0.1) is 10.5 Å². The molecule has 0 atom stereocenters. The fourth-order valence-electron chi connectivity index (χ4n) is 5.08. The molecule has 1 saturated heterocycles. The van der Waals surface area contributed by atoms with Gasteiger partial charge in [0, 0.05) is 52.0 Å². The Morgan fingerprint density at radius 3 is 2.44 bits per heavy atom. The highest BCUT2D eigenvalue weighted by atomic mass is 32.2. The topological polar surface area (TPSA) is 71.4 Å². The molecule has 0 spiro atoms. The van der Waals surface area contributed by atoms with Crippen molar-refractivity contribution in [1.29, 1.82) is 0 Å². The molecule has 1 fully saturated rings. The van der Waals surface area contributed by atoms with E-state index in [2.05, 4.69) is 35.3 Å². The maximum absolute atomic E-state index is 13.4. The summed E-state index contributed by atoms with van der Waals surface area (Å²) in [6.45, 7) is 6.53. The summed E-state index contributed by atoms with van der Waals surface area (Å²) in [6.07, 6.45) is 3.84. The first-order valence-corrected chi connectivity index (χ1v) is 15.0. The van der Waals surface area contributed by atoms with Gasteiger partial charge in [-0.2, -0.15) is 0 Å². The first kappa shape index (κ1) is 24.7. The van der Waals surface area contributed by atoms with E-state index < -0.39 is 10.0 Å². The number of amides is 1. The molecule has 1 aromatic heterocycles. The van der Waals surface area contributed by atoms with Gasteiger partial charge in [0.15, 0.2) is 0 Å². The molecule has 2 heterocycles. The van der Waals surface area contributed by atoms with Crippen molar-refractivity contribution < 1.29 is 13.2 Å². The minimum Gasteiger partial charge on any atom is -0.341 e. The number of anilines is 1. The van der Waals surface area contributed by atoms with Crippen molar-refractivity contribution in [2.45, 2.75) is 43.0 Å². The van der Waals surface area contributed by atoms with Gasteiger partial charge in [-0.05, 0) is 74.4 Å². The smallest absolute Gasteiger partial charge is 0.261 e. The van der Waals surface area contributed by atoms with Gasteiger partial charge >= 0.3 is 0 Å². The highest BCUT2D eigenvalue weighted by molar-refractivity contribution is 7.98. The molecular formula is C28H31N3O3S2. The monoisotopic (exact) mass is 521 g/mol. The van der Waals surface area contributed by atoms with Gasteiger partial charge in [0.2, 0.25) is 0 Å². The highest BCUT2D eigenvalue weighted by Crippen LogP contribution is 2.32. The maximum Gasteiger partial charge on any atom is 0.261 e. The van der Waals surface area contributed by atoms with Gasteiger partial charge in [-0.1, -0.05) is 25.1 Å². The summed E-state index contributed by atoms with van der Waals surface area (Å²) in [5.74, 6) is 0.505. The standard InChI is InChI=1S/C28H31N3O3S2/c1-4-31-25-8-6-5-7-22(25)23-17-20(9-11-26(23)31)29-36(33,34)21-10-12-27(35-3)24(18-21)28(32)30-15-13-19(2)14-16-30/h5-12,17-19,29H,4,13-16H2,1-3H3. The molecule has 1 N–H and O–H groups in total. The summed E-state index contributed by atoms with van der Waals surface area (Å²) in [6, 6.07) is 18.6. The molecule has 188 valence electrons. The minimum atomic E-state index is -3.89. The second-order valence-electron chi connectivity index (χ2n) is 9.44. The number of nitrogens with zero attached hydrogens (tertiary/aromatic N) is 2. The van der Waals surface area contributed by atoms with Crippen molar-refractivity contribution >= 4 is 55.2 Å². The predicted octanol–water partition coefficient (Wildman–Crippen LogP) is 6.21. The van der Waals surface area contributed by atoms with Crippen LogP contribution in [-0.2, 0) is 16.6 Å².